The number of hydrogen-bond acceptors (Lipinski definition) is 2. The van der Waals surface area contributed by atoms with E-state index >= 15 is 0 Å². The Bertz CT molecular complexity index is 488. The van der Waals surface area contributed by atoms with Crippen molar-refractivity contribution in [2.45, 2.75) is 59.5 Å². The van der Waals surface area contributed by atoms with E-state index in [1.165, 1.54) is 6.42 Å². The Morgan fingerprint density at radius 2 is 2.00 bits per heavy atom. The molecular weight excluding hydrogens is 263 g/mol. The molecule has 0 unspecified atom stereocenters. The van der Waals surface area contributed by atoms with Crippen LogP contribution in [-0.4, -0.2) is 18.6 Å². The van der Waals surface area contributed by atoms with E-state index in [0.717, 1.165) is 30.8 Å². The lowest BCUT2D eigenvalue weighted by molar-refractivity contribution is 0.292. The molecule has 1 aromatic rings. The molecule has 0 aliphatic carbocycles. The fourth-order valence-electron chi connectivity index (χ4n) is 2.91. The van der Waals surface area contributed by atoms with Gasteiger partial charge in [-0.2, -0.15) is 0 Å². The second kappa shape index (κ2) is 5.96. The van der Waals surface area contributed by atoms with E-state index < -0.39 is 0 Å². The van der Waals surface area contributed by atoms with Crippen molar-refractivity contribution in [3.05, 3.63) is 29.6 Å². The van der Waals surface area contributed by atoms with Crippen LogP contribution in [0.3, 0.4) is 0 Å². The summed E-state index contributed by atoms with van der Waals surface area (Å²) in [5, 5.41) is 3.40. The van der Waals surface area contributed by atoms with E-state index in [1.54, 1.807) is 6.07 Å². The van der Waals surface area contributed by atoms with Gasteiger partial charge in [0.2, 0.25) is 0 Å². The molecule has 0 radical (unpaired) electrons. The van der Waals surface area contributed by atoms with Crippen LogP contribution in [0.4, 0.5) is 10.1 Å². The van der Waals surface area contributed by atoms with Crippen LogP contribution >= 0.6 is 0 Å². The van der Waals surface area contributed by atoms with Crippen molar-refractivity contribution >= 4 is 5.69 Å². The molecule has 1 heterocycles. The summed E-state index contributed by atoms with van der Waals surface area (Å²) < 4.78 is 14.4. The van der Waals surface area contributed by atoms with E-state index in [4.69, 9.17) is 0 Å². The number of benzene rings is 1. The van der Waals surface area contributed by atoms with Gasteiger partial charge < -0.3 is 10.2 Å². The van der Waals surface area contributed by atoms with Gasteiger partial charge >= 0.3 is 0 Å². The molecule has 1 aromatic carbocycles. The quantitative estimate of drug-likeness (QED) is 0.891. The summed E-state index contributed by atoms with van der Waals surface area (Å²) in [6.07, 6.45) is 2.36. The van der Waals surface area contributed by atoms with Gasteiger partial charge in [0.1, 0.15) is 5.82 Å². The second-order valence-corrected chi connectivity index (χ2v) is 8.08. The van der Waals surface area contributed by atoms with Crippen molar-refractivity contribution in [2.24, 2.45) is 5.41 Å². The highest BCUT2D eigenvalue weighted by Gasteiger charge is 2.27. The van der Waals surface area contributed by atoms with Gasteiger partial charge in [-0.3, -0.25) is 0 Å². The fraction of sp³-hybridized carbons (Fsp3) is 0.667. The van der Waals surface area contributed by atoms with E-state index in [0.29, 0.717) is 6.54 Å². The minimum atomic E-state index is -0.0964. The summed E-state index contributed by atoms with van der Waals surface area (Å²) in [4.78, 5) is 2.19. The highest BCUT2D eigenvalue weighted by atomic mass is 19.1. The lowest BCUT2D eigenvalue weighted by Crippen LogP contribution is -2.40. The number of nitrogens with one attached hydrogen (secondary N) is 1. The van der Waals surface area contributed by atoms with Gasteiger partial charge in [-0.1, -0.05) is 19.9 Å². The molecule has 1 aliphatic heterocycles. The highest BCUT2D eigenvalue weighted by molar-refractivity contribution is 5.49. The first kappa shape index (κ1) is 16.3. The number of nitrogens with zero attached hydrogens (tertiary/aromatic N) is 1. The molecule has 1 N–H and O–H groups in total. The largest absolute Gasteiger partial charge is 0.369 e. The van der Waals surface area contributed by atoms with Crippen molar-refractivity contribution < 1.29 is 4.39 Å². The Morgan fingerprint density at radius 1 is 1.29 bits per heavy atom. The zero-order chi connectivity index (χ0) is 15.7. The molecule has 3 heteroatoms. The molecule has 118 valence electrons. The molecule has 2 rings (SSSR count). The van der Waals surface area contributed by atoms with Crippen LogP contribution in [0.5, 0.6) is 0 Å². The molecule has 0 aromatic heterocycles. The van der Waals surface area contributed by atoms with Crippen LogP contribution < -0.4 is 10.2 Å². The van der Waals surface area contributed by atoms with Crippen LogP contribution in [0.25, 0.3) is 0 Å². The Kier molecular flexibility index (Phi) is 4.62. The van der Waals surface area contributed by atoms with Gasteiger partial charge in [-0.15, -0.1) is 0 Å². The maximum Gasteiger partial charge on any atom is 0.146 e. The number of piperidine rings is 1. The SMILES string of the molecule is CC1(C)CCCN(c2ccc(CNC(C)(C)C)cc2F)C1. The minimum Gasteiger partial charge on any atom is -0.369 e. The fourth-order valence-corrected chi connectivity index (χ4v) is 2.91. The molecule has 1 aliphatic rings. The summed E-state index contributed by atoms with van der Waals surface area (Å²) in [5.41, 5.74) is 2.08. The lowest BCUT2D eigenvalue weighted by atomic mass is 9.84. The van der Waals surface area contributed by atoms with Gasteiger partial charge in [0.25, 0.3) is 0 Å². The molecule has 0 spiro atoms. The first-order chi connectivity index (χ1) is 9.66. The third-order valence-electron chi connectivity index (χ3n) is 4.08. The average molecular weight is 292 g/mol. The van der Waals surface area contributed by atoms with Gasteiger partial charge in [-0.25, -0.2) is 4.39 Å². The number of rotatable bonds is 3. The molecule has 1 saturated heterocycles. The summed E-state index contributed by atoms with van der Waals surface area (Å²) >= 11 is 0. The summed E-state index contributed by atoms with van der Waals surface area (Å²) in [7, 11) is 0. The van der Waals surface area contributed by atoms with Crippen molar-refractivity contribution in [1.82, 2.24) is 5.32 Å². The normalized spacial score (nSPS) is 18.9. The van der Waals surface area contributed by atoms with Crippen LogP contribution in [-0.2, 0) is 6.54 Å². The van der Waals surface area contributed by atoms with Crippen LogP contribution in [0.2, 0.25) is 0 Å². The van der Waals surface area contributed by atoms with E-state index in [1.807, 2.05) is 12.1 Å². The zero-order valence-electron chi connectivity index (χ0n) is 14.1. The molecule has 0 bridgehead atoms. The van der Waals surface area contributed by atoms with Gasteiger partial charge in [0.15, 0.2) is 0 Å². The van der Waals surface area contributed by atoms with Crippen molar-refractivity contribution in [3.63, 3.8) is 0 Å². The monoisotopic (exact) mass is 292 g/mol. The minimum absolute atomic E-state index is 0.0477. The number of halogens is 1. The van der Waals surface area contributed by atoms with Crippen molar-refractivity contribution in [2.75, 3.05) is 18.0 Å². The third-order valence-corrected chi connectivity index (χ3v) is 4.08. The smallest absolute Gasteiger partial charge is 0.146 e. The molecule has 1 fully saturated rings. The van der Waals surface area contributed by atoms with Crippen molar-refractivity contribution in [1.29, 1.82) is 0 Å². The topological polar surface area (TPSA) is 15.3 Å². The van der Waals surface area contributed by atoms with Crippen molar-refractivity contribution in [3.8, 4) is 0 Å². The molecule has 0 atom stereocenters. The second-order valence-electron chi connectivity index (χ2n) is 8.08. The van der Waals surface area contributed by atoms with Gasteiger partial charge in [0.05, 0.1) is 5.69 Å². The third kappa shape index (κ3) is 4.70. The number of hydrogen-bond donors (Lipinski definition) is 1. The van der Waals surface area contributed by atoms with E-state index in [9.17, 15) is 4.39 Å². The van der Waals surface area contributed by atoms with Gasteiger partial charge in [0, 0.05) is 25.2 Å². The van der Waals surface area contributed by atoms with Crippen LogP contribution in [0.1, 0.15) is 53.0 Å². The predicted molar refractivity (Wildman–Crippen MR) is 88.2 cm³/mol. The zero-order valence-corrected chi connectivity index (χ0v) is 14.1. The van der Waals surface area contributed by atoms with Gasteiger partial charge in [-0.05, 0) is 56.7 Å². The standard InChI is InChI=1S/C18H29FN2/c1-17(2,3)20-12-14-7-8-16(15(19)11-14)21-10-6-9-18(4,5)13-21/h7-8,11,20H,6,9-10,12-13H2,1-5H3. The van der Waals surface area contributed by atoms with Crippen LogP contribution in [0, 0.1) is 11.2 Å². The van der Waals surface area contributed by atoms with E-state index in [-0.39, 0.29) is 16.8 Å². The first-order valence-electron chi connectivity index (χ1n) is 7.95. The molecular formula is C18H29FN2. The highest BCUT2D eigenvalue weighted by Crippen LogP contribution is 2.32. The molecule has 0 saturated carbocycles. The Labute approximate surface area is 128 Å². The molecule has 2 nitrogen and oxygen atoms in total. The molecule has 0 amide bonds. The first-order valence-corrected chi connectivity index (χ1v) is 7.95. The predicted octanol–water partition coefficient (Wildman–Crippen LogP) is 4.34. The summed E-state index contributed by atoms with van der Waals surface area (Å²) in [6, 6.07) is 5.66. The average Bonchev–Trinajstić information content (AvgIpc) is 2.34. The lowest BCUT2D eigenvalue weighted by Gasteiger charge is -2.39. The van der Waals surface area contributed by atoms with Crippen LogP contribution in [0.15, 0.2) is 18.2 Å². The Balaban J connectivity index is 2.09. The number of anilines is 1. The Morgan fingerprint density at radius 3 is 2.57 bits per heavy atom. The Hall–Kier alpha value is -1.09. The van der Waals surface area contributed by atoms with E-state index in [2.05, 4.69) is 44.8 Å². The summed E-state index contributed by atoms with van der Waals surface area (Å²) in [6.45, 7) is 13.5. The maximum absolute atomic E-state index is 14.4. The maximum atomic E-state index is 14.4. The molecule has 21 heavy (non-hydrogen) atoms. The summed E-state index contributed by atoms with van der Waals surface area (Å²) in [5.74, 6) is -0.0964.